The summed E-state index contributed by atoms with van der Waals surface area (Å²) in [6.45, 7) is 0. The number of nitrogens with two attached hydrogens (primary N) is 1. The van der Waals surface area contributed by atoms with Crippen LogP contribution in [0.3, 0.4) is 0 Å². The molecule has 0 unspecified atom stereocenters. The molecule has 0 aromatic heterocycles. The molecule has 5 nitrogen and oxygen atoms in total. The minimum atomic E-state index is -3.84. The summed E-state index contributed by atoms with van der Waals surface area (Å²) in [4.78, 5) is 11.8. The maximum Gasteiger partial charge on any atom is 0.239 e. The van der Waals surface area contributed by atoms with Crippen LogP contribution in [0.25, 0.3) is 0 Å². The van der Waals surface area contributed by atoms with E-state index in [1.165, 1.54) is 18.2 Å². The van der Waals surface area contributed by atoms with Crippen LogP contribution >= 0.6 is 11.6 Å². The zero-order valence-electron chi connectivity index (χ0n) is 10.2. The van der Waals surface area contributed by atoms with Gasteiger partial charge in [0.1, 0.15) is 4.90 Å². The Balaban J connectivity index is 2.14. The minimum absolute atomic E-state index is 0.00622. The van der Waals surface area contributed by atoms with Gasteiger partial charge in [-0.05, 0) is 31.0 Å². The van der Waals surface area contributed by atoms with Gasteiger partial charge in [-0.2, -0.15) is 0 Å². The molecule has 1 aliphatic rings. The van der Waals surface area contributed by atoms with Crippen molar-refractivity contribution >= 4 is 33.2 Å². The van der Waals surface area contributed by atoms with Crippen molar-refractivity contribution < 1.29 is 13.2 Å². The van der Waals surface area contributed by atoms with Gasteiger partial charge in [0.05, 0.1) is 5.02 Å². The Morgan fingerprint density at radius 3 is 2.47 bits per heavy atom. The molecule has 2 rings (SSSR count). The van der Waals surface area contributed by atoms with Crippen molar-refractivity contribution in [2.24, 2.45) is 11.1 Å². The lowest BCUT2D eigenvalue weighted by Gasteiger charge is -2.11. The molecule has 1 saturated carbocycles. The first-order chi connectivity index (χ1) is 8.88. The van der Waals surface area contributed by atoms with Gasteiger partial charge in [0, 0.05) is 11.6 Å². The Kier molecular flexibility index (Phi) is 4.13. The first-order valence-corrected chi connectivity index (χ1v) is 7.93. The van der Waals surface area contributed by atoms with Crippen molar-refractivity contribution in [3.63, 3.8) is 0 Å². The van der Waals surface area contributed by atoms with Gasteiger partial charge >= 0.3 is 0 Å². The third-order valence-electron chi connectivity index (χ3n) is 3.23. The van der Waals surface area contributed by atoms with E-state index < -0.39 is 10.0 Å². The molecule has 0 atom stereocenters. The topological polar surface area (TPSA) is 89.3 Å². The van der Waals surface area contributed by atoms with Gasteiger partial charge in [-0.25, -0.2) is 13.6 Å². The minimum Gasteiger partial charge on any atom is -0.326 e. The molecule has 0 saturated heterocycles. The predicted octanol–water partition coefficient (Wildman–Crippen LogP) is 2.12. The fourth-order valence-corrected chi connectivity index (χ4v) is 3.33. The van der Waals surface area contributed by atoms with E-state index in [1.54, 1.807) is 0 Å². The van der Waals surface area contributed by atoms with Crippen LogP contribution in [-0.2, 0) is 14.8 Å². The SMILES string of the molecule is NS(=O)(=O)c1ccc(NC(=O)C2CCCC2)cc1Cl. The highest BCUT2D eigenvalue weighted by molar-refractivity contribution is 7.89. The van der Waals surface area contributed by atoms with Crippen LogP contribution < -0.4 is 10.5 Å². The van der Waals surface area contributed by atoms with E-state index in [1.807, 2.05) is 0 Å². The van der Waals surface area contributed by atoms with E-state index in [0.29, 0.717) is 5.69 Å². The second kappa shape index (κ2) is 5.48. The van der Waals surface area contributed by atoms with Gasteiger partial charge < -0.3 is 5.32 Å². The van der Waals surface area contributed by atoms with Crippen molar-refractivity contribution in [2.75, 3.05) is 5.32 Å². The first-order valence-electron chi connectivity index (χ1n) is 6.01. The molecule has 1 aromatic rings. The number of nitrogens with one attached hydrogen (secondary N) is 1. The van der Waals surface area contributed by atoms with Crippen molar-refractivity contribution in [1.29, 1.82) is 0 Å². The van der Waals surface area contributed by atoms with E-state index in [-0.39, 0.29) is 21.7 Å². The molecule has 0 spiro atoms. The van der Waals surface area contributed by atoms with Crippen LogP contribution in [0.15, 0.2) is 23.1 Å². The summed E-state index contributed by atoms with van der Waals surface area (Å²) in [6, 6.07) is 4.18. The number of primary sulfonamides is 1. The summed E-state index contributed by atoms with van der Waals surface area (Å²) < 4.78 is 22.4. The summed E-state index contributed by atoms with van der Waals surface area (Å²) in [5.41, 5.74) is 0.481. The third-order valence-corrected chi connectivity index (χ3v) is 4.63. The van der Waals surface area contributed by atoms with Crippen LogP contribution in [-0.4, -0.2) is 14.3 Å². The Morgan fingerprint density at radius 1 is 1.32 bits per heavy atom. The number of halogens is 1. The van der Waals surface area contributed by atoms with E-state index in [9.17, 15) is 13.2 Å². The van der Waals surface area contributed by atoms with E-state index in [4.69, 9.17) is 16.7 Å². The maximum absolute atomic E-state index is 11.9. The van der Waals surface area contributed by atoms with Gasteiger partial charge in [-0.15, -0.1) is 0 Å². The quantitative estimate of drug-likeness (QED) is 0.896. The van der Waals surface area contributed by atoms with Crippen LogP contribution in [0.5, 0.6) is 0 Å². The molecule has 19 heavy (non-hydrogen) atoms. The Morgan fingerprint density at radius 2 is 1.95 bits per heavy atom. The van der Waals surface area contributed by atoms with E-state index >= 15 is 0 Å². The summed E-state index contributed by atoms with van der Waals surface area (Å²) in [5.74, 6) is -0.00591. The number of hydrogen-bond donors (Lipinski definition) is 2. The Labute approximate surface area is 117 Å². The second-order valence-electron chi connectivity index (χ2n) is 4.66. The van der Waals surface area contributed by atoms with Crippen molar-refractivity contribution in [1.82, 2.24) is 0 Å². The summed E-state index contributed by atoms with van der Waals surface area (Å²) in [6.07, 6.45) is 3.94. The molecule has 0 radical (unpaired) electrons. The van der Waals surface area contributed by atoms with Crippen LogP contribution in [0, 0.1) is 5.92 Å². The molecule has 3 N–H and O–H groups in total. The molecule has 1 aromatic carbocycles. The molecule has 104 valence electrons. The molecule has 7 heteroatoms. The molecular formula is C12H15ClN2O3S. The number of anilines is 1. The smallest absolute Gasteiger partial charge is 0.239 e. The fourth-order valence-electron chi connectivity index (χ4n) is 2.24. The summed E-state index contributed by atoms with van der Waals surface area (Å²) >= 11 is 5.85. The maximum atomic E-state index is 11.9. The van der Waals surface area contributed by atoms with Gasteiger partial charge in [-0.1, -0.05) is 24.4 Å². The van der Waals surface area contributed by atoms with Gasteiger partial charge in [0.2, 0.25) is 15.9 Å². The number of benzene rings is 1. The molecular weight excluding hydrogens is 288 g/mol. The molecule has 0 heterocycles. The number of hydrogen-bond acceptors (Lipinski definition) is 3. The monoisotopic (exact) mass is 302 g/mol. The number of carbonyl (C=O) groups is 1. The average molecular weight is 303 g/mol. The predicted molar refractivity (Wildman–Crippen MR) is 73.4 cm³/mol. The standard InChI is InChI=1S/C12H15ClN2O3S/c13-10-7-9(5-6-11(10)19(14,17)18)15-12(16)8-3-1-2-4-8/h5-8H,1-4H2,(H,15,16)(H2,14,17,18). The lowest BCUT2D eigenvalue weighted by atomic mass is 10.1. The normalized spacial score (nSPS) is 16.5. The molecule has 0 bridgehead atoms. The number of rotatable bonds is 3. The number of carbonyl (C=O) groups excluding carboxylic acids is 1. The Hall–Kier alpha value is -1.11. The van der Waals surface area contributed by atoms with Gasteiger partial charge in [-0.3, -0.25) is 4.79 Å². The largest absolute Gasteiger partial charge is 0.326 e. The molecule has 0 aliphatic heterocycles. The summed E-state index contributed by atoms with van der Waals surface area (Å²) in [5, 5.41) is 7.76. The second-order valence-corrected chi connectivity index (χ2v) is 6.60. The van der Waals surface area contributed by atoms with Crippen molar-refractivity contribution in [2.45, 2.75) is 30.6 Å². The van der Waals surface area contributed by atoms with Gasteiger partial charge in [0.25, 0.3) is 0 Å². The highest BCUT2D eigenvalue weighted by Gasteiger charge is 2.23. The van der Waals surface area contributed by atoms with Crippen molar-refractivity contribution in [3.8, 4) is 0 Å². The summed E-state index contributed by atoms with van der Waals surface area (Å²) in [7, 11) is -3.84. The fraction of sp³-hybridized carbons (Fsp3) is 0.417. The zero-order valence-corrected chi connectivity index (χ0v) is 11.8. The van der Waals surface area contributed by atoms with E-state index in [2.05, 4.69) is 5.32 Å². The van der Waals surface area contributed by atoms with Gasteiger partial charge in [0.15, 0.2) is 0 Å². The third kappa shape index (κ3) is 3.46. The first kappa shape index (κ1) is 14.3. The van der Waals surface area contributed by atoms with Crippen LogP contribution in [0.1, 0.15) is 25.7 Å². The average Bonchev–Trinajstić information content (AvgIpc) is 2.80. The number of amides is 1. The lowest BCUT2D eigenvalue weighted by molar-refractivity contribution is -0.119. The molecule has 1 amide bonds. The molecule has 1 aliphatic carbocycles. The van der Waals surface area contributed by atoms with Crippen LogP contribution in [0.4, 0.5) is 5.69 Å². The lowest BCUT2D eigenvalue weighted by Crippen LogP contribution is -2.20. The van der Waals surface area contributed by atoms with Crippen molar-refractivity contribution in [3.05, 3.63) is 23.2 Å². The van der Waals surface area contributed by atoms with Crippen LogP contribution in [0.2, 0.25) is 5.02 Å². The highest BCUT2D eigenvalue weighted by atomic mass is 35.5. The molecule has 1 fully saturated rings. The number of sulfonamides is 1. The zero-order chi connectivity index (χ0) is 14.0. The van der Waals surface area contributed by atoms with E-state index in [0.717, 1.165) is 25.7 Å². The highest BCUT2D eigenvalue weighted by Crippen LogP contribution is 2.28. The Bertz CT molecular complexity index is 595.